The van der Waals surface area contributed by atoms with Crippen molar-refractivity contribution in [2.75, 3.05) is 0 Å². The van der Waals surface area contributed by atoms with Crippen LogP contribution in [-0.4, -0.2) is 4.98 Å². The number of furan rings is 1. The van der Waals surface area contributed by atoms with Gasteiger partial charge in [-0.3, -0.25) is 4.79 Å². The summed E-state index contributed by atoms with van der Waals surface area (Å²) in [5, 5.41) is 1.97. The minimum atomic E-state index is -0.0273. The molecule has 2 aromatic heterocycles. The van der Waals surface area contributed by atoms with Gasteiger partial charge in [0.15, 0.2) is 0 Å². The first-order chi connectivity index (χ1) is 9.51. The molecule has 2 heterocycles. The van der Waals surface area contributed by atoms with Crippen molar-refractivity contribution in [2.45, 2.75) is 33.2 Å². The van der Waals surface area contributed by atoms with Gasteiger partial charge in [0.05, 0.1) is 12.1 Å². The third-order valence-electron chi connectivity index (χ3n) is 3.72. The van der Waals surface area contributed by atoms with Gasteiger partial charge in [0.1, 0.15) is 11.3 Å². The summed E-state index contributed by atoms with van der Waals surface area (Å²) in [5.41, 5.74) is 9.06. The summed E-state index contributed by atoms with van der Waals surface area (Å²) in [7, 11) is 0. The minimum Gasteiger partial charge on any atom is -0.459 e. The zero-order valence-corrected chi connectivity index (χ0v) is 11.9. The summed E-state index contributed by atoms with van der Waals surface area (Å²) in [6.07, 6.45) is 0. The van der Waals surface area contributed by atoms with Crippen molar-refractivity contribution >= 4 is 21.9 Å². The lowest BCUT2D eigenvalue weighted by atomic mass is 10.0. The van der Waals surface area contributed by atoms with E-state index < -0.39 is 0 Å². The zero-order chi connectivity index (χ0) is 14.4. The Balaban J connectivity index is 2.48. The molecule has 0 atom stereocenters. The maximum Gasteiger partial charge on any atom is 0.251 e. The van der Waals surface area contributed by atoms with E-state index in [-0.39, 0.29) is 11.5 Å². The molecule has 0 saturated carbocycles. The van der Waals surface area contributed by atoms with Gasteiger partial charge in [0.25, 0.3) is 5.56 Å². The summed E-state index contributed by atoms with van der Waals surface area (Å²) in [6.45, 7) is 6.38. The average molecular weight is 270 g/mol. The van der Waals surface area contributed by atoms with Crippen LogP contribution in [0.3, 0.4) is 0 Å². The van der Waals surface area contributed by atoms with Gasteiger partial charge >= 0.3 is 0 Å². The molecule has 3 rings (SSSR count). The number of aromatic nitrogens is 1. The second-order valence-electron chi connectivity index (χ2n) is 5.53. The standard InChI is InChI=1S/C16H18N2O2/c1-8(2)12-6-13-14(18-16(12)19)9(3)4-10-5-11(7-17)20-15(10)13/h4-6,8H,7,17H2,1-3H3,(H,18,19). The first-order valence-corrected chi connectivity index (χ1v) is 6.80. The molecule has 0 fully saturated rings. The van der Waals surface area contributed by atoms with E-state index in [2.05, 4.69) is 4.98 Å². The van der Waals surface area contributed by atoms with Gasteiger partial charge in [0, 0.05) is 16.3 Å². The third kappa shape index (κ3) is 1.84. The van der Waals surface area contributed by atoms with Crippen molar-refractivity contribution < 1.29 is 4.42 Å². The third-order valence-corrected chi connectivity index (χ3v) is 3.72. The quantitative estimate of drug-likeness (QED) is 0.751. The number of pyridine rings is 1. The summed E-state index contributed by atoms with van der Waals surface area (Å²) in [4.78, 5) is 15.1. The number of aromatic amines is 1. The molecule has 0 aliphatic rings. The molecule has 104 valence electrons. The average Bonchev–Trinajstić information content (AvgIpc) is 2.81. The van der Waals surface area contributed by atoms with E-state index in [1.807, 2.05) is 39.0 Å². The van der Waals surface area contributed by atoms with Gasteiger partial charge < -0.3 is 15.1 Å². The molecule has 0 saturated heterocycles. The number of benzene rings is 1. The lowest BCUT2D eigenvalue weighted by Gasteiger charge is -2.08. The van der Waals surface area contributed by atoms with E-state index in [4.69, 9.17) is 10.2 Å². The molecular formula is C16H18N2O2. The van der Waals surface area contributed by atoms with Crippen molar-refractivity contribution in [1.82, 2.24) is 4.98 Å². The van der Waals surface area contributed by atoms with Crippen LogP contribution in [-0.2, 0) is 6.54 Å². The van der Waals surface area contributed by atoms with Crippen molar-refractivity contribution in [3.05, 3.63) is 45.4 Å². The fraction of sp³-hybridized carbons (Fsp3) is 0.312. The van der Waals surface area contributed by atoms with Crippen LogP contribution in [0.25, 0.3) is 21.9 Å². The van der Waals surface area contributed by atoms with E-state index in [9.17, 15) is 4.79 Å². The summed E-state index contributed by atoms with van der Waals surface area (Å²) in [5.74, 6) is 0.923. The van der Waals surface area contributed by atoms with Gasteiger partial charge in [0.2, 0.25) is 0 Å². The van der Waals surface area contributed by atoms with Crippen LogP contribution in [0.1, 0.15) is 36.7 Å². The molecule has 0 unspecified atom stereocenters. The Kier molecular flexibility index (Phi) is 2.91. The van der Waals surface area contributed by atoms with Crippen molar-refractivity contribution in [1.29, 1.82) is 0 Å². The van der Waals surface area contributed by atoms with Gasteiger partial charge in [-0.15, -0.1) is 0 Å². The van der Waals surface area contributed by atoms with Crippen LogP contribution in [0, 0.1) is 6.92 Å². The SMILES string of the molecule is Cc1cc2cc(CN)oc2c2cc(C(C)C)c(=O)[nH]c12. The van der Waals surface area contributed by atoms with Crippen LogP contribution < -0.4 is 11.3 Å². The van der Waals surface area contributed by atoms with Crippen molar-refractivity contribution in [3.8, 4) is 0 Å². The second-order valence-corrected chi connectivity index (χ2v) is 5.53. The molecule has 20 heavy (non-hydrogen) atoms. The number of hydrogen-bond donors (Lipinski definition) is 2. The number of nitrogens with one attached hydrogen (secondary N) is 1. The minimum absolute atomic E-state index is 0.0273. The second kappa shape index (κ2) is 4.49. The Morgan fingerprint density at radius 3 is 2.70 bits per heavy atom. The van der Waals surface area contributed by atoms with Gasteiger partial charge in [-0.2, -0.15) is 0 Å². The number of H-pyrrole nitrogens is 1. The van der Waals surface area contributed by atoms with Crippen LogP contribution in [0.5, 0.6) is 0 Å². The number of hydrogen-bond acceptors (Lipinski definition) is 3. The Bertz CT molecular complexity index is 856. The molecule has 0 aliphatic heterocycles. The molecule has 4 heteroatoms. The lowest BCUT2D eigenvalue weighted by molar-refractivity contribution is 0.555. The molecule has 1 aromatic carbocycles. The number of rotatable bonds is 2. The number of fused-ring (bicyclic) bond motifs is 3. The van der Waals surface area contributed by atoms with Crippen LogP contribution in [0.4, 0.5) is 0 Å². The van der Waals surface area contributed by atoms with Crippen LogP contribution >= 0.6 is 0 Å². The highest BCUT2D eigenvalue weighted by Crippen LogP contribution is 2.30. The molecule has 3 aromatic rings. The maximum atomic E-state index is 12.1. The highest BCUT2D eigenvalue weighted by atomic mass is 16.3. The summed E-state index contributed by atoms with van der Waals surface area (Å²) < 4.78 is 5.81. The summed E-state index contributed by atoms with van der Waals surface area (Å²) >= 11 is 0. The molecule has 0 aliphatic carbocycles. The predicted molar refractivity (Wildman–Crippen MR) is 81.1 cm³/mol. The maximum absolute atomic E-state index is 12.1. The normalized spacial score (nSPS) is 11.8. The fourth-order valence-electron chi connectivity index (χ4n) is 2.65. The summed E-state index contributed by atoms with van der Waals surface area (Å²) in [6, 6.07) is 5.92. The molecule has 3 N–H and O–H groups in total. The number of aryl methyl sites for hydroxylation is 1. The highest BCUT2D eigenvalue weighted by Gasteiger charge is 2.13. The molecule has 0 bridgehead atoms. The lowest BCUT2D eigenvalue weighted by Crippen LogP contribution is -2.13. The molecule has 0 radical (unpaired) electrons. The van der Waals surface area contributed by atoms with Crippen LogP contribution in [0.2, 0.25) is 0 Å². The Morgan fingerprint density at radius 1 is 1.30 bits per heavy atom. The fourth-order valence-corrected chi connectivity index (χ4v) is 2.65. The number of nitrogens with two attached hydrogens (primary N) is 1. The van der Waals surface area contributed by atoms with Gasteiger partial charge in [-0.05, 0) is 36.6 Å². The first-order valence-electron chi connectivity index (χ1n) is 6.80. The predicted octanol–water partition coefficient (Wildman–Crippen LogP) is 3.16. The van der Waals surface area contributed by atoms with E-state index in [1.165, 1.54) is 0 Å². The van der Waals surface area contributed by atoms with Gasteiger partial charge in [-0.25, -0.2) is 0 Å². The Hall–Kier alpha value is -2.07. The molecule has 0 amide bonds. The Morgan fingerprint density at radius 2 is 2.05 bits per heavy atom. The van der Waals surface area contributed by atoms with E-state index in [0.29, 0.717) is 6.54 Å². The van der Waals surface area contributed by atoms with Crippen molar-refractivity contribution in [3.63, 3.8) is 0 Å². The van der Waals surface area contributed by atoms with Crippen LogP contribution in [0.15, 0.2) is 27.4 Å². The largest absolute Gasteiger partial charge is 0.459 e. The highest BCUT2D eigenvalue weighted by molar-refractivity contribution is 6.04. The molecular weight excluding hydrogens is 252 g/mol. The zero-order valence-electron chi connectivity index (χ0n) is 11.9. The van der Waals surface area contributed by atoms with E-state index in [1.54, 1.807) is 0 Å². The van der Waals surface area contributed by atoms with Crippen molar-refractivity contribution in [2.24, 2.45) is 5.73 Å². The molecule has 4 nitrogen and oxygen atoms in total. The monoisotopic (exact) mass is 270 g/mol. The van der Waals surface area contributed by atoms with Gasteiger partial charge in [-0.1, -0.05) is 13.8 Å². The first kappa shape index (κ1) is 12.9. The smallest absolute Gasteiger partial charge is 0.251 e. The molecule has 0 spiro atoms. The van der Waals surface area contributed by atoms with E-state index >= 15 is 0 Å². The topological polar surface area (TPSA) is 72.0 Å². The Labute approximate surface area is 116 Å². The van der Waals surface area contributed by atoms with E-state index in [0.717, 1.165) is 38.8 Å².